The summed E-state index contributed by atoms with van der Waals surface area (Å²) in [4.78, 5) is 27.6. The highest BCUT2D eigenvalue weighted by Crippen LogP contribution is 2.32. The molecule has 0 saturated heterocycles. The summed E-state index contributed by atoms with van der Waals surface area (Å²) < 4.78 is 10.3. The number of hydrazine groups is 1. The summed E-state index contributed by atoms with van der Waals surface area (Å²) in [6.45, 7) is 0.125. The van der Waals surface area contributed by atoms with Gasteiger partial charge in [-0.05, 0) is 30.3 Å². The van der Waals surface area contributed by atoms with Crippen molar-refractivity contribution < 1.29 is 19.1 Å². The summed E-state index contributed by atoms with van der Waals surface area (Å²) in [6, 6.07) is 7.60. The molecule has 22 heavy (non-hydrogen) atoms. The fraction of sp³-hybridized carbons (Fsp3) is 0.0714. The molecule has 1 aromatic carbocycles. The van der Waals surface area contributed by atoms with Crippen molar-refractivity contribution >= 4 is 23.4 Å². The van der Waals surface area contributed by atoms with E-state index in [1.54, 1.807) is 12.1 Å². The molecule has 2 aromatic rings. The Morgan fingerprint density at radius 3 is 2.41 bits per heavy atom. The summed E-state index contributed by atoms with van der Waals surface area (Å²) in [5.41, 5.74) is 5.22. The molecule has 1 aliphatic heterocycles. The van der Waals surface area contributed by atoms with Crippen molar-refractivity contribution in [3.63, 3.8) is 0 Å². The number of aromatic nitrogens is 1. The van der Waals surface area contributed by atoms with Gasteiger partial charge >= 0.3 is 0 Å². The summed E-state index contributed by atoms with van der Waals surface area (Å²) in [5, 5.41) is 0.190. The first-order chi connectivity index (χ1) is 10.6. The lowest BCUT2D eigenvalue weighted by Gasteiger charge is -2.08. The molecular formula is C14H10ClN3O4. The molecule has 0 aliphatic carbocycles. The molecule has 0 unspecified atom stereocenters. The summed E-state index contributed by atoms with van der Waals surface area (Å²) >= 11 is 5.70. The van der Waals surface area contributed by atoms with Gasteiger partial charge in [-0.2, -0.15) is 0 Å². The van der Waals surface area contributed by atoms with E-state index in [0.29, 0.717) is 17.1 Å². The van der Waals surface area contributed by atoms with Crippen LogP contribution in [0.4, 0.5) is 0 Å². The van der Waals surface area contributed by atoms with E-state index in [2.05, 4.69) is 15.8 Å². The van der Waals surface area contributed by atoms with E-state index in [9.17, 15) is 9.59 Å². The number of nitrogens with zero attached hydrogens (tertiary/aromatic N) is 1. The highest BCUT2D eigenvalue weighted by molar-refractivity contribution is 6.29. The number of ether oxygens (including phenoxy) is 2. The van der Waals surface area contributed by atoms with Crippen molar-refractivity contribution in [2.75, 3.05) is 6.79 Å². The second kappa shape index (κ2) is 5.90. The molecule has 2 amide bonds. The largest absolute Gasteiger partial charge is 0.454 e. The third-order valence-electron chi connectivity index (χ3n) is 2.91. The molecule has 8 heteroatoms. The lowest BCUT2D eigenvalue weighted by atomic mass is 10.2. The van der Waals surface area contributed by atoms with Gasteiger partial charge in [-0.3, -0.25) is 20.4 Å². The maximum atomic E-state index is 12.0. The third-order valence-corrected chi connectivity index (χ3v) is 3.12. The van der Waals surface area contributed by atoms with Gasteiger partial charge in [0.25, 0.3) is 11.8 Å². The number of amides is 2. The van der Waals surface area contributed by atoms with Crippen LogP contribution < -0.4 is 20.3 Å². The third kappa shape index (κ3) is 2.94. The van der Waals surface area contributed by atoms with Crippen molar-refractivity contribution in [1.29, 1.82) is 0 Å². The molecule has 0 spiro atoms. The quantitative estimate of drug-likeness (QED) is 0.647. The van der Waals surface area contributed by atoms with Gasteiger partial charge in [-0.15, -0.1) is 0 Å². The number of pyridine rings is 1. The fourth-order valence-electron chi connectivity index (χ4n) is 1.84. The molecule has 1 aromatic heterocycles. The fourth-order valence-corrected chi connectivity index (χ4v) is 2.01. The zero-order chi connectivity index (χ0) is 15.5. The molecule has 112 valence electrons. The Hall–Kier alpha value is -2.80. The molecule has 2 heterocycles. The smallest absolute Gasteiger partial charge is 0.269 e. The lowest BCUT2D eigenvalue weighted by Crippen LogP contribution is -2.41. The number of carbonyl (C=O) groups is 2. The van der Waals surface area contributed by atoms with E-state index in [4.69, 9.17) is 21.1 Å². The SMILES string of the molecule is O=C(NNC(=O)c1ccc2c(c1)OCO2)c1ccnc(Cl)c1. The van der Waals surface area contributed by atoms with Gasteiger partial charge in [0, 0.05) is 17.3 Å². The van der Waals surface area contributed by atoms with Crippen LogP contribution in [0, 0.1) is 0 Å². The molecule has 0 saturated carbocycles. The number of halogens is 1. The molecule has 7 nitrogen and oxygen atoms in total. The molecular weight excluding hydrogens is 310 g/mol. The van der Waals surface area contributed by atoms with Crippen LogP contribution in [-0.4, -0.2) is 23.6 Å². The first kappa shape index (κ1) is 14.2. The monoisotopic (exact) mass is 319 g/mol. The van der Waals surface area contributed by atoms with Crippen LogP contribution in [-0.2, 0) is 0 Å². The number of hydrogen-bond donors (Lipinski definition) is 2. The van der Waals surface area contributed by atoms with E-state index in [1.807, 2.05) is 0 Å². The lowest BCUT2D eigenvalue weighted by molar-refractivity contribution is 0.0846. The molecule has 3 rings (SSSR count). The van der Waals surface area contributed by atoms with Gasteiger partial charge in [-0.25, -0.2) is 4.98 Å². The second-order valence-corrected chi connectivity index (χ2v) is 4.73. The summed E-state index contributed by atoms with van der Waals surface area (Å²) in [6.07, 6.45) is 1.40. The molecule has 0 fully saturated rings. The molecule has 2 N–H and O–H groups in total. The van der Waals surface area contributed by atoms with Gasteiger partial charge in [0.2, 0.25) is 6.79 Å². The average Bonchev–Trinajstić information content (AvgIpc) is 2.99. The topological polar surface area (TPSA) is 89.6 Å². The number of hydrogen-bond acceptors (Lipinski definition) is 5. The van der Waals surface area contributed by atoms with E-state index in [1.165, 1.54) is 24.4 Å². The maximum Gasteiger partial charge on any atom is 0.269 e. The van der Waals surface area contributed by atoms with Gasteiger partial charge in [0.15, 0.2) is 11.5 Å². The van der Waals surface area contributed by atoms with Gasteiger partial charge in [0.05, 0.1) is 0 Å². The van der Waals surface area contributed by atoms with Crippen LogP contribution >= 0.6 is 11.6 Å². The predicted octanol–water partition coefficient (Wildman–Crippen LogP) is 1.54. The average molecular weight is 320 g/mol. The molecule has 0 radical (unpaired) electrons. The summed E-state index contributed by atoms with van der Waals surface area (Å²) in [7, 11) is 0. The highest BCUT2D eigenvalue weighted by atomic mass is 35.5. The standard InChI is InChI=1S/C14H10ClN3O4/c15-12-6-9(3-4-16-12)14(20)18-17-13(19)8-1-2-10-11(5-8)22-7-21-10/h1-6H,7H2,(H,17,19)(H,18,20). The Morgan fingerprint density at radius 1 is 1.00 bits per heavy atom. The van der Waals surface area contributed by atoms with E-state index < -0.39 is 11.8 Å². The van der Waals surface area contributed by atoms with Crippen molar-refractivity contribution in [2.45, 2.75) is 0 Å². The van der Waals surface area contributed by atoms with Crippen molar-refractivity contribution in [1.82, 2.24) is 15.8 Å². The minimum atomic E-state index is -0.501. The number of benzene rings is 1. The molecule has 1 aliphatic rings. The van der Waals surface area contributed by atoms with Gasteiger partial charge in [0.1, 0.15) is 5.15 Å². The second-order valence-electron chi connectivity index (χ2n) is 4.34. The van der Waals surface area contributed by atoms with E-state index in [0.717, 1.165) is 0 Å². The van der Waals surface area contributed by atoms with E-state index in [-0.39, 0.29) is 17.5 Å². The Morgan fingerprint density at radius 2 is 1.68 bits per heavy atom. The van der Waals surface area contributed by atoms with Gasteiger partial charge in [-0.1, -0.05) is 11.6 Å². The zero-order valence-corrected chi connectivity index (χ0v) is 11.9. The van der Waals surface area contributed by atoms with Crippen LogP contribution in [0.5, 0.6) is 11.5 Å². The summed E-state index contributed by atoms with van der Waals surface area (Å²) in [5.74, 6) is 0.0806. The zero-order valence-electron chi connectivity index (χ0n) is 11.1. The molecule has 0 bridgehead atoms. The van der Waals surface area contributed by atoms with Crippen LogP contribution in [0.15, 0.2) is 36.5 Å². The van der Waals surface area contributed by atoms with Gasteiger partial charge < -0.3 is 9.47 Å². The Bertz CT molecular complexity index is 751. The number of rotatable bonds is 2. The number of carbonyl (C=O) groups excluding carboxylic acids is 2. The Balaban J connectivity index is 1.64. The van der Waals surface area contributed by atoms with Crippen LogP contribution in [0.25, 0.3) is 0 Å². The minimum absolute atomic E-state index is 0.125. The predicted molar refractivity (Wildman–Crippen MR) is 76.7 cm³/mol. The highest BCUT2D eigenvalue weighted by Gasteiger charge is 2.16. The van der Waals surface area contributed by atoms with Crippen LogP contribution in [0.3, 0.4) is 0 Å². The van der Waals surface area contributed by atoms with Crippen molar-refractivity contribution in [3.8, 4) is 11.5 Å². The Labute approximate surface area is 130 Å². The van der Waals surface area contributed by atoms with Crippen molar-refractivity contribution in [2.24, 2.45) is 0 Å². The van der Waals surface area contributed by atoms with Crippen LogP contribution in [0.2, 0.25) is 5.15 Å². The normalized spacial score (nSPS) is 11.9. The first-order valence-corrected chi connectivity index (χ1v) is 6.63. The minimum Gasteiger partial charge on any atom is -0.454 e. The number of nitrogens with one attached hydrogen (secondary N) is 2. The van der Waals surface area contributed by atoms with Crippen molar-refractivity contribution in [3.05, 3.63) is 52.8 Å². The van der Waals surface area contributed by atoms with Crippen LogP contribution in [0.1, 0.15) is 20.7 Å². The van der Waals surface area contributed by atoms with E-state index >= 15 is 0 Å². The maximum absolute atomic E-state index is 12.0. The number of fused-ring (bicyclic) bond motifs is 1. The first-order valence-electron chi connectivity index (χ1n) is 6.25. The molecule has 0 atom stereocenters. The Kier molecular flexibility index (Phi) is 3.80.